The molecule has 1 heterocycles. The fourth-order valence-electron chi connectivity index (χ4n) is 2.47. The van der Waals surface area contributed by atoms with Crippen LogP contribution >= 0.6 is 0 Å². The molecule has 0 spiro atoms. The van der Waals surface area contributed by atoms with Crippen molar-refractivity contribution in [2.45, 2.75) is 26.9 Å². The molecule has 0 aliphatic carbocycles. The van der Waals surface area contributed by atoms with Gasteiger partial charge in [0.1, 0.15) is 5.75 Å². The number of aromatic nitrogens is 3. The van der Waals surface area contributed by atoms with Crippen LogP contribution in [0, 0.1) is 6.92 Å². The van der Waals surface area contributed by atoms with Gasteiger partial charge < -0.3 is 20.5 Å². The van der Waals surface area contributed by atoms with Gasteiger partial charge in [0, 0.05) is 5.69 Å². The maximum absolute atomic E-state index is 11.9. The Bertz CT molecular complexity index is 959. The van der Waals surface area contributed by atoms with Gasteiger partial charge in [0.2, 0.25) is 11.9 Å². The molecule has 3 aromatic rings. The second kappa shape index (κ2) is 9.50. The second-order valence-electron chi connectivity index (χ2n) is 6.37. The number of benzene rings is 2. The molecule has 0 saturated carbocycles. The number of esters is 1. The summed E-state index contributed by atoms with van der Waals surface area (Å²) in [6, 6.07) is 15.3. The number of aryl methyl sites for hydroxylation is 2. The minimum absolute atomic E-state index is 0.0351. The Kier molecular flexibility index (Phi) is 6.57. The number of hydrogen-bond acceptors (Lipinski definition) is 8. The average Bonchev–Trinajstić information content (AvgIpc) is 2.72. The molecule has 3 N–H and O–H groups in total. The lowest BCUT2D eigenvalue weighted by Crippen LogP contribution is -2.16. The lowest BCUT2D eigenvalue weighted by Gasteiger charge is -2.09. The number of nitrogens with two attached hydrogens (primary N) is 1. The van der Waals surface area contributed by atoms with E-state index in [0.717, 1.165) is 17.7 Å². The molecule has 0 aliphatic rings. The summed E-state index contributed by atoms with van der Waals surface area (Å²) >= 11 is 0. The molecule has 3 rings (SSSR count). The Balaban J connectivity index is 1.53. The first-order chi connectivity index (χ1) is 14.0. The third-order valence-corrected chi connectivity index (χ3v) is 4.06. The number of carbonyl (C=O) groups excluding carboxylic acids is 1. The first kappa shape index (κ1) is 20.1. The van der Waals surface area contributed by atoms with Crippen molar-refractivity contribution < 1.29 is 14.3 Å². The number of ether oxygens (including phenoxy) is 2. The molecule has 2 aromatic carbocycles. The average molecular weight is 393 g/mol. The fourth-order valence-corrected chi connectivity index (χ4v) is 2.47. The number of hydrogen-bond donors (Lipinski definition) is 2. The first-order valence-electron chi connectivity index (χ1n) is 9.23. The van der Waals surface area contributed by atoms with Gasteiger partial charge in [-0.2, -0.15) is 15.0 Å². The maximum Gasteiger partial charge on any atom is 0.344 e. The molecule has 0 atom stereocenters. The van der Waals surface area contributed by atoms with Crippen LogP contribution in [-0.4, -0.2) is 27.5 Å². The highest BCUT2D eigenvalue weighted by Gasteiger charge is 2.09. The van der Waals surface area contributed by atoms with E-state index in [2.05, 4.69) is 27.2 Å². The summed E-state index contributed by atoms with van der Waals surface area (Å²) in [6.07, 6.45) is 0.943. The molecular weight excluding hydrogens is 370 g/mol. The summed E-state index contributed by atoms with van der Waals surface area (Å²) in [6.45, 7) is 3.73. The summed E-state index contributed by atoms with van der Waals surface area (Å²) in [7, 11) is 0. The zero-order valence-corrected chi connectivity index (χ0v) is 16.4. The van der Waals surface area contributed by atoms with Crippen LogP contribution in [0.4, 0.5) is 17.6 Å². The van der Waals surface area contributed by atoms with E-state index in [1.54, 1.807) is 0 Å². The van der Waals surface area contributed by atoms with Crippen LogP contribution in [-0.2, 0) is 22.6 Å². The third kappa shape index (κ3) is 6.17. The molecule has 8 heteroatoms. The van der Waals surface area contributed by atoms with Crippen LogP contribution in [0.15, 0.2) is 48.5 Å². The molecule has 0 aliphatic heterocycles. The number of anilines is 3. The maximum atomic E-state index is 11.9. The van der Waals surface area contributed by atoms with Crippen molar-refractivity contribution in [2.24, 2.45) is 0 Å². The molecule has 150 valence electrons. The molecule has 0 bridgehead atoms. The van der Waals surface area contributed by atoms with E-state index in [9.17, 15) is 4.79 Å². The van der Waals surface area contributed by atoms with Crippen LogP contribution in [0.1, 0.15) is 23.9 Å². The van der Waals surface area contributed by atoms with E-state index in [0.29, 0.717) is 5.75 Å². The van der Waals surface area contributed by atoms with Crippen LogP contribution in [0.25, 0.3) is 0 Å². The smallest absolute Gasteiger partial charge is 0.344 e. The van der Waals surface area contributed by atoms with Gasteiger partial charge in [0.15, 0.2) is 19.0 Å². The van der Waals surface area contributed by atoms with E-state index in [4.69, 9.17) is 15.2 Å². The van der Waals surface area contributed by atoms with Gasteiger partial charge in [-0.25, -0.2) is 4.79 Å². The van der Waals surface area contributed by atoms with Gasteiger partial charge in [-0.15, -0.1) is 0 Å². The molecule has 1 aromatic heterocycles. The van der Waals surface area contributed by atoms with Gasteiger partial charge in [-0.05, 0) is 43.2 Å². The molecule has 0 radical (unpaired) electrons. The monoisotopic (exact) mass is 393 g/mol. The van der Waals surface area contributed by atoms with Gasteiger partial charge in [0.05, 0.1) is 0 Å². The van der Waals surface area contributed by atoms with E-state index in [1.807, 2.05) is 55.5 Å². The Morgan fingerprint density at radius 1 is 1.03 bits per heavy atom. The summed E-state index contributed by atoms with van der Waals surface area (Å²) in [5, 5.41) is 3.05. The Hall–Kier alpha value is -3.68. The van der Waals surface area contributed by atoms with Crippen molar-refractivity contribution in [3.05, 3.63) is 65.5 Å². The Morgan fingerprint density at radius 2 is 1.76 bits per heavy atom. The lowest BCUT2D eigenvalue weighted by molar-refractivity contribution is -0.147. The SMILES string of the molecule is CCc1ccc(OCC(=O)OCc2nc(N)nc(Nc3ccc(C)cc3)n2)cc1. The van der Waals surface area contributed by atoms with Crippen molar-refractivity contribution in [3.63, 3.8) is 0 Å². The number of rotatable bonds is 8. The van der Waals surface area contributed by atoms with E-state index in [1.165, 1.54) is 5.56 Å². The number of nitrogens with one attached hydrogen (secondary N) is 1. The summed E-state index contributed by atoms with van der Waals surface area (Å²) < 4.78 is 10.6. The lowest BCUT2D eigenvalue weighted by atomic mass is 10.2. The number of carbonyl (C=O) groups is 1. The molecule has 8 nitrogen and oxygen atoms in total. The summed E-state index contributed by atoms with van der Waals surface area (Å²) in [4.78, 5) is 24.2. The zero-order chi connectivity index (χ0) is 20.6. The molecule has 0 unspecified atom stereocenters. The minimum Gasteiger partial charge on any atom is -0.482 e. The predicted molar refractivity (Wildman–Crippen MR) is 110 cm³/mol. The molecule has 29 heavy (non-hydrogen) atoms. The first-order valence-corrected chi connectivity index (χ1v) is 9.23. The van der Waals surface area contributed by atoms with Crippen LogP contribution in [0.2, 0.25) is 0 Å². The topological polar surface area (TPSA) is 112 Å². The van der Waals surface area contributed by atoms with Crippen molar-refractivity contribution in [2.75, 3.05) is 17.7 Å². The van der Waals surface area contributed by atoms with Gasteiger partial charge in [-0.1, -0.05) is 36.8 Å². The summed E-state index contributed by atoms with van der Waals surface area (Å²) in [5.41, 5.74) is 8.88. The molecular formula is C21H23N5O3. The van der Waals surface area contributed by atoms with Gasteiger partial charge in [-0.3, -0.25) is 0 Å². The van der Waals surface area contributed by atoms with Gasteiger partial charge >= 0.3 is 5.97 Å². The fraction of sp³-hybridized carbons (Fsp3) is 0.238. The quantitative estimate of drug-likeness (QED) is 0.561. The van der Waals surface area contributed by atoms with Crippen molar-refractivity contribution in [3.8, 4) is 5.75 Å². The van der Waals surface area contributed by atoms with E-state index < -0.39 is 5.97 Å². The second-order valence-corrected chi connectivity index (χ2v) is 6.37. The van der Waals surface area contributed by atoms with Crippen molar-refractivity contribution >= 4 is 23.6 Å². The van der Waals surface area contributed by atoms with E-state index in [-0.39, 0.29) is 30.9 Å². The largest absolute Gasteiger partial charge is 0.482 e. The molecule has 0 amide bonds. The van der Waals surface area contributed by atoms with Crippen LogP contribution < -0.4 is 15.8 Å². The van der Waals surface area contributed by atoms with E-state index >= 15 is 0 Å². The number of nitrogens with zero attached hydrogens (tertiary/aromatic N) is 3. The highest BCUT2D eigenvalue weighted by molar-refractivity contribution is 5.71. The van der Waals surface area contributed by atoms with Crippen molar-refractivity contribution in [1.29, 1.82) is 0 Å². The Labute approximate surface area is 169 Å². The number of nitrogen functional groups attached to an aromatic ring is 1. The van der Waals surface area contributed by atoms with Crippen LogP contribution in [0.3, 0.4) is 0 Å². The van der Waals surface area contributed by atoms with Crippen LogP contribution in [0.5, 0.6) is 5.75 Å². The third-order valence-electron chi connectivity index (χ3n) is 4.06. The highest BCUT2D eigenvalue weighted by atomic mass is 16.6. The zero-order valence-electron chi connectivity index (χ0n) is 16.4. The molecule has 0 saturated heterocycles. The minimum atomic E-state index is -0.531. The predicted octanol–water partition coefficient (Wildman–Crippen LogP) is 3.19. The standard InChI is InChI=1S/C21H23N5O3/c1-3-15-6-10-17(11-7-15)28-13-19(27)29-12-18-24-20(22)26-21(25-18)23-16-8-4-14(2)5-9-16/h4-11H,3,12-13H2,1-2H3,(H3,22,23,24,25,26). The Morgan fingerprint density at radius 3 is 2.45 bits per heavy atom. The summed E-state index contributed by atoms with van der Waals surface area (Å²) in [5.74, 6) is 0.630. The highest BCUT2D eigenvalue weighted by Crippen LogP contribution is 2.15. The molecule has 0 fully saturated rings. The normalized spacial score (nSPS) is 10.4. The van der Waals surface area contributed by atoms with Crippen molar-refractivity contribution in [1.82, 2.24) is 15.0 Å². The van der Waals surface area contributed by atoms with Gasteiger partial charge in [0.25, 0.3) is 0 Å².